The smallest absolute Gasteiger partial charge is 0.166 e. The lowest BCUT2D eigenvalue weighted by atomic mass is 10.2. The van der Waals surface area contributed by atoms with Gasteiger partial charge in [0.15, 0.2) is 11.6 Å². The van der Waals surface area contributed by atoms with E-state index in [2.05, 4.69) is 25.9 Å². The third-order valence-electron chi connectivity index (χ3n) is 2.58. The van der Waals surface area contributed by atoms with Gasteiger partial charge in [-0.2, -0.15) is 0 Å². The molecular weight excluding hydrogens is 328 g/mol. The maximum Gasteiger partial charge on any atom is 0.166 e. The highest BCUT2D eigenvalue weighted by molar-refractivity contribution is 9.10. The highest BCUT2D eigenvalue weighted by atomic mass is 79.9. The molecular formula is C14H8BrClN2O. The Morgan fingerprint density at radius 3 is 2.53 bits per heavy atom. The van der Waals surface area contributed by atoms with Crippen LogP contribution in [0.4, 0.5) is 0 Å². The summed E-state index contributed by atoms with van der Waals surface area (Å²) in [6, 6.07) is 13.2. The molecule has 0 spiro atoms. The second-order valence-electron chi connectivity index (χ2n) is 3.86. The van der Waals surface area contributed by atoms with Crippen LogP contribution in [0.3, 0.4) is 0 Å². The molecule has 0 aliphatic heterocycles. The van der Waals surface area contributed by atoms with E-state index in [1.165, 1.54) is 0 Å². The lowest BCUT2D eigenvalue weighted by molar-refractivity contribution is 0.579. The van der Waals surface area contributed by atoms with Crippen LogP contribution in [0.1, 0.15) is 0 Å². The minimum atomic E-state index is 0.382. The molecule has 0 fully saturated rings. The zero-order valence-corrected chi connectivity index (χ0v) is 12.0. The second-order valence-corrected chi connectivity index (χ2v) is 5.10. The largest absolute Gasteiger partial charge is 0.461 e. The summed E-state index contributed by atoms with van der Waals surface area (Å²) in [7, 11) is 0. The normalized spacial score (nSPS) is 10.6. The molecule has 0 saturated carbocycles. The number of hydrogen-bond acceptors (Lipinski definition) is 3. The number of halogens is 2. The summed E-state index contributed by atoms with van der Waals surface area (Å²) < 4.78 is 6.23. The Hall–Kier alpha value is -1.65. The lowest BCUT2D eigenvalue weighted by Gasteiger charge is -2.04. The topological polar surface area (TPSA) is 38.9 Å². The van der Waals surface area contributed by atoms with Crippen molar-refractivity contribution in [3.63, 3.8) is 0 Å². The van der Waals surface area contributed by atoms with Gasteiger partial charge < -0.3 is 4.42 Å². The maximum absolute atomic E-state index is 6.06. The first kappa shape index (κ1) is 12.4. The van der Waals surface area contributed by atoms with Gasteiger partial charge in [-0.15, -0.1) is 0 Å². The average Bonchev–Trinajstić information content (AvgIpc) is 2.85. The summed E-state index contributed by atoms with van der Waals surface area (Å²) in [5.41, 5.74) is 1.56. The van der Waals surface area contributed by atoms with Gasteiger partial charge in [-0.1, -0.05) is 41.9 Å². The van der Waals surface area contributed by atoms with Gasteiger partial charge in [0.2, 0.25) is 0 Å². The third kappa shape index (κ3) is 2.55. The zero-order chi connectivity index (χ0) is 13.2. The summed E-state index contributed by atoms with van der Waals surface area (Å²) in [6.07, 6.45) is 1.59. The summed E-state index contributed by atoms with van der Waals surface area (Å²) in [4.78, 5) is 8.73. The van der Waals surface area contributed by atoms with Crippen molar-refractivity contribution in [1.82, 2.24) is 9.97 Å². The molecule has 0 aliphatic rings. The molecule has 2 aromatic heterocycles. The van der Waals surface area contributed by atoms with Crippen LogP contribution >= 0.6 is 27.5 Å². The zero-order valence-electron chi connectivity index (χ0n) is 9.68. The first-order valence-corrected chi connectivity index (χ1v) is 6.74. The molecule has 1 aromatic carbocycles. The first-order valence-electron chi connectivity index (χ1n) is 5.57. The number of aromatic nitrogens is 2. The van der Waals surface area contributed by atoms with Crippen LogP contribution in [0.25, 0.3) is 22.8 Å². The Bertz CT molecular complexity index is 712. The van der Waals surface area contributed by atoms with E-state index in [9.17, 15) is 0 Å². The highest BCUT2D eigenvalue weighted by Gasteiger charge is 2.12. The molecule has 0 unspecified atom stereocenters. The van der Waals surface area contributed by atoms with Crippen LogP contribution in [0, 0.1) is 0 Å². The van der Waals surface area contributed by atoms with Crippen LogP contribution < -0.4 is 0 Å². The monoisotopic (exact) mass is 334 g/mol. The van der Waals surface area contributed by atoms with E-state index >= 15 is 0 Å². The summed E-state index contributed by atoms with van der Waals surface area (Å²) in [5.74, 6) is 1.22. The standard InChI is InChI=1S/C14H8BrClN2O/c15-10-6-7-19-13(10)11-8-12(16)18-14(17-11)9-4-2-1-3-5-9/h1-8H. The number of benzene rings is 1. The molecule has 0 bridgehead atoms. The number of rotatable bonds is 2. The summed E-state index contributed by atoms with van der Waals surface area (Å²) in [6.45, 7) is 0. The number of hydrogen-bond donors (Lipinski definition) is 0. The van der Waals surface area contributed by atoms with Gasteiger partial charge in [0.1, 0.15) is 10.8 Å². The van der Waals surface area contributed by atoms with Crippen molar-refractivity contribution in [2.45, 2.75) is 0 Å². The second kappa shape index (κ2) is 5.15. The van der Waals surface area contributed by atoms with Gasteiger partial charge in [-0.25, -0.2) is 9.97 Å². The molecule has 0 N–H and O–H groups in total. The average molecular weight is 336 g/mol. The molecule has 3 rings (SSSR count). The molecule has 0 amide bonds. The van der Waals surface area contributed by atoms with Gasteiger partial charge in [0, 0.05) is 11.6 Å². The molecule has 0 atom stereocenters. The third-order valence-corrected chi connectivity index (χ3v) is 3.39. The molecule has 3 aromatic rings. The van der Waals surface area contributed by atoms with Crippen LogP contribution in [0.15, 0.2) is 57.6 Å². The van der Waals surface area contributed by atoms with E-state index in [0.717, 1.165) is 10.0 Å². The summed E-state index contributed by atoms with van der Waals surface area (Å²) in [5, 5.41) is 0.382. The minimum Gasteiger partial charge on any atom is -0.461 e. The van der Waals surface area contributed by atoms with Crippen molar-refractivity contribution >= 4 is 27.5 Å². The van der Waals surface area contributed by atoms with E-state index in [-0.39, 0.29) is 0 Å². The molecule has 0 saturated heterocycles. The lowest BCUT2D eigenvalue weighted by Crippen LogP contribution is -1.92. The van der Waals surface area contributed by atoms with Gasteiger partial charge in [-0.05, 0) is 22.0 Å². The van der Waals surface area contributed by atoms with E-state index in [0.29, 0.717) is 22.4 Å². The molecule has 3 nitrogen and oxygen atoms in total. The maximum atomic E-state index is 6.06. The predicted molar refractivity (Wildman–Crippen MR) is 77.9 cm³/mol. The van der Waals surface area contributed by atoms with Gasteiger partial charge in [0.05, 0.1) is 10.7 Å². The molecule has 0 aliphatic carbocycles. The Kier molecular flexibility index (Phi) is 3.36. The Morgan fingerprint density at radius 1 is 1.05 bits per heavy atom. The highest BCUT2D eigenvalue weighted by Crippen LogP contribution is 2.30. The number of nitrogens with zero attached hydrogens (tertiary/aromatic N) is 2. The van der Waals surface area contributed by atoms with Crippen LogP contribution in [0.5, 0.6) is 0 Å². The molecule has 0 radical (unpaired) electrons. The fourth-order valence-electron chi connectivity index (χ4n) is 1.73. The molecule has 5 heteroatoms. The summed E-state index contributed by atoms with van der Waals surface area (Å²) >= 11 is 9.47. The first-order chi connectivity index (χ1) is 9.24. The van der Waals surface area contributed by atoms with Gasteiger partial charge in [-0.3, -0.25) is 0 Å². The Morgan fingerprint density at radius 2 is 1.84 bits per heavy atom. The van der Waals surface area contributed by atoms with Crippen molar-refractivity contribution in [2.24, 2.45) is 0 Å². The fraction of sp³-hybridized carbons (Fsp3) is 0. The van der Waals surface area contributed by atoms with Crippen LogP contribution in [-0.2, 0) is 0 Å². The van der Waals surface area contributed by atoms with Crippen molar-refractivity contribution in [2.75, 3.05) is 0 Å². The minimum absolute atomic E-state index is 0.382. The van der Waals surface area contributed by atoms with Crippen molar-refractivity contribution in [3.8, 4) is 22.8 Å². The molecule has 2 heterocycles. The van der Waals surface area contributed by atoms with Crippen LogP contribution in [0.2, 0.25) is 5.15 Å². The number of furan rings is 1. The van der Waals surface area contributed by atoms with Crippen LogP contribution in [-0.4, -0.2) is 9.97 Å². The van der Waals surface area contributed by atoms with Crippen molar-refractivity contribution in [3.05, 3.63) is 58.4 Å². The van der Waals surface area contributed by atoms with Crippen molar-refractivity contribution < 1.29 is 4.42 Å². The SMILES string of the molecule is Clc1cc(-c2occc2Br)nc(-c2ccccc2)n1. The van der Waals surface area contributed by atoms with E-state index in [1.54, 1.807) is 12.3 Å². The van der Waals surface area contributed by atoms with E-state index in [4.69, 9.17) is 16.0 Å². The van der Waals surface area contributed by atoms with Gasteiger partial charge >= 0.3 is 0 Å². The Balaban J connectivity index is 2.14. The fourth-order valence-corrected chi connectivity index (χ4v) is 2.31. The van der Waals surface area contributed by atoms with Crippen molar-refractivity contribution in [1.29, 1.82) is 0 Å². The molecule has 19 heavy (non-hydrogen) atoms. The van der Waals surface area contributed by atoms with E-state index < -0.39 is 0 Å². The van der Waals surface area contributed by atoms with E-state index in [1.807, 2.05) is 36.4 Å². The Labute approximate surface area is 123 Å². The predicted octanol–water partition coefficient (Wildman–Crippen LogP) is 4.82. The quantitative estimate of drug-likeness (QED) is 0.630. The molecule has 94 valence electrons. The van der Waals surface area contributed by atoms with Gasteiger partial charge in [0.25, 0.3) is 0 Å².